The van der Waals surface area contributed by atoms with Gasteiger partial charge < -0.3 is 14.9 Å². The van der Waals surface area contributed by atoms with Gasteiger partial charge in [0.1, 0.15) is 5.75 Å². The Bertz CT molecular complexity index is 523. The molecule has 17 heavy (non-hydrogen) atoms. The molecule has 0 spiro atoms. The quantitative estimate of drug-likeness (QED) is 0.945. The van der Waals surface area contributed by atoms with Gasteiger partial charge in [0, 0.05) is 4.47 Å². The van der Waals surface area contributed by atoms with Gasteiger partial charge in [0.25, 0.3) is 0 Å². The Morgan fingerprint density at radius 3 is 2.82 bits per heavy atom. The molecule has 0 bridgehead atoms. The van der Waals surface area contributed by atoms with Gasteiger partial charge in [-0.1, -0.05) is 15.9 Å². The minimum absolute atomic E-state index is 0.217. The van der Waals surface area contributed by atoms with Gasteiger partial charge in [-0.15, -0.1) is 0 Å². The average Bonchev–Trinajstić information content (AvgIpc) is 2.78. The molecular formula is C12H13BrN2O2. The van der Waals surface area contributed by atoms with Crippen LogP contribution in [-0.4, -0.2) is 12.1 Å². The third-order valence-electron chi connectivity index (χ3n) is 2.34. The maximum absolute atomic E-state index is 5.70. The van der Waals surface area contributed by atoms with Gasteiger partial charge in [0.15, 0.2) is 5.76 Å². The Hall–Kier alpha value is -1.33. The second-order valence-electron chi connectivity index (χ2n) is 3.70. The Kier molecular flexibility index (Phi) is 3.49. The smallest absolute Gasteiger partial charge is 0.211 e. The first-order valence-electron chi connectivity index (χ1n) is 5.17. The number of oxazole rings is 1. The van der Waals surface area contributed by atoms with E-state index in [1.165, 1.54) is 0 Å². The van der Waals surface area contributed by atoms with Crippen LogP contribution in [0.15, 0.2) is 33.3 Å². The van der Waals surface area contributed by atoms with Crippen LogP contribution in [0.5, 0.6) is 5.75 Å². The topological polar surface area (TPSA) is 61.3 Å². The van der Waals surface area contributed by atoms with Crippen molar-refractivity contribution in [3.05, 3.63) is 34.8 Å². The van der Waals surface area contributed by atoms with Crippen molar-refractivity contribution in [1.82, 2.24) is 4.98 Å². The zero-order valence-electron chi connectivity index (χ0n) is 9.61. The summed E-state index contributed by atoms with van der Waals surface area (Å²) in [7, 11) is 1.62. The summed E-state index contributed by atoms with van der Waals surface area (Å²) in [5.41, 5.74) is 6.56. The zero-order chi connectivity index (χ0) is 12.4. The van der Waals surface area contributed by atoms with Gasteiger partial charge in [-0.2, -0.15) is 0 Å². The predicted octanol–water partition coefficient (Wildman–Crippen LogP) is 3.13. The number of ether oxygens (including phenoxy) is 1. The van der Waals surface area contributed by atoms with Crippen molar-refractivity contribution in [2.75, 3.05) is 7.11 Å². The lowest BCUT2D eigenvalue weighted by Gasteiger charge is -2.06. The molecule has 1 heterocycles. The van der Waals surface area contributed by atoms with Gasteiger partial charge in [-0.3, -0.25) is 0 Å². The highest BCUT2D eigenvalue weighted by Gasteiger charge is 2.13. The van der Waals surface area contributed by atoms with Crippen molar-refractivity contribution in [3.8, 4) is 17.1 Å². The minimum atomic E-state index is -0.217. The van der Waals surface area contributed by atoms with Gasteiger partial charge in [0.05, 0.1) is 24.9 Å². The van der Waals surface area contributed by atoms with E-state index in [0.717, 1.165) is 15.8 Å². The lowest BCUT2D eigenvalue weighted by molar-refractivity contribution is 0.412. The van der Waals surface area contributed by atoms with Gasteiger partial charge in [0.2, 0.25) is 5.89 Å². The molecule has 0 aliphatic carbocycles. The second kappa shape index (κ2) is 4.89. The first-order chi connectivity index (χ1) is 8.11. The average molecular weight is 297 g/mol. The molecule has 1 atom stereocenters. The van der Waals surface area contributed by atoms with Crippen molar-refractivity contribution in [1.29, 1.82) is 0 Å². The Morgan fingerprint density at radius 1 is 1.47 bits per heavy atom. The summed E-state index contributed by atoms with van der Waals surface area (Å²) in [5.74, 6) is 1.90. The monoisotopic (exact) mass is 296 g/mol. The summed E-state index contributed by atoms with van der Waals surface area (Å²) in [6, 6.07) is 5.49. The normalized spacial score (nSPS) is 12.5. The Labute approximate surface area is 108 Å². The molecule has 1 unspecified atom stereocenters. The summed E-state index contributed by atoms with van der Waals surface area (Å²) < 4.78 is 11.8. The van der Waals surface area contributed by atoms with Gasteiger partial charge in [-0.25, -0.2) is 4.98 Å². The molecule has 0 radical (unpaired) electrons. The van der Waals surface area contributed by atoms with Crippen LogP contribution in [0.2, 0.25) is 0 Å². The number of benzene rings is 1. The van der Waals surface area contributed by atoms with E-state index < -0.39 is 0 Å². The number of aromatic nitrogens is 1. The fourth-order valence-corrected chi connectivity index (χ4v) is 1.83. The van der Waals surface area contributed by atoms with Crippen LogP contribution in [-0.2, 0) is 0 Å². The van der Waals surface area contributed by atoms with Crippen molar-refractivity contribution < 1.29 is 9.15 Å². The highest BCUT2D eigenvalue weighted by molar-refractivity contribution is 9.10. The molecular weight excluding hydrogens is 284 g/mol. The van der Waals surface area contributed by atoms with Crippen LogP contribution < -0.4 is 10.5 Å². The van der Waals surface area contributed by atoms with Crippen LogP contribution in [0.25, 0.3) is 11.3 Å². The Balaban J connectivity index is 2.44. The molecule has 90 valence electrons. The van der Waals surface area contributed by atoms with Gasteiger partial charge in [-0.05, 0) is 25.1 Å². The first-order valence-corrected chi connectivity index (χ1v) is 5.96. The van der Waals surface area contributed by atoms with Crippen LogP contribution in [0.4, 0.5) is 0 Å². The number of nitrogens with two attached hydrogens (primary N) is 1. The molecule has 2 N–H and O–H groups in total. The van der Waals surface area contributed by atoms with Crippen LogP contribution in [0.1, 0.15) is 18.9 Å². The lowest BCUT2D eigenvalue weighted by Crippen LogP contribution is -2.04. The first kappa shape index (κ1) is 12.1. The maximum atomic E-state index is 5.70. The van der Waals surface area contributed by atoms with E-state index in [4.69, 9.17) is 14.9 Å². The molecule has 1 aromatic heterocycles. The van der Waals surface area contributed by atoms with Crippen LogP contribution in [0, 0.1) is 0 Å². The van der Waals surface area contributed by atoms with Crippen molar-refractivity contribution in [2.24, 2.45) is 5.73 Å². The van der Waals surface area contributed by atoms with E-state index in [-0.39, 0.29) is 6.04 Å². The number of hydrogen-bond acceptors (Lipinski definition) is 4. The molecule has 0 saturated carbocycles. The van der Waals surface area contributed by atoms with E-state index in [1.807, 2.05) is 25.1 Å². The second-order valence-corrected chi connectivity index (χ2v) is 4.61. The molecule has 2 aromatic rings. The summed E-state index contributed by atoms with van der Waals surface area (Å²) in [6.45, 7) is 1.83. The number of hydrogen-bond donors (Lipinski definition) is 1. The Morgan fingerprint density at radius 2 is 2.24 bits per heavy atom. The molecule has 0 aliphatic rings. The van der Waals surface area contributed by atoms with Crippen LogP contribution in [0.3, 0.4) is 0 Å². The zero-order valence-corrected chi connectivity index (χ0v) is 11.2. The molecule has 0 fully saturated rings. The van der Waals surface area contributed by atoms with Gasteiger partial charge >= 0.3 is 0 Å². The number of rotatable bonds is 3. The summed E-state index contributed by atoms with van der Waals surface area (Å²) >= 11 is 3.39. The fourth-order valence-electron chi connectivity index (χ4n) is 1.49. The maximum Gasteiger partial charge on any atom is 0.211 e. The summed E-state index contributed by atoms with van der Waals surface area (Å²) in [6.07, 6.45) is 1.66. The van der Waals surface area contributed by atoms with Crippen molar-refractivity contribution in [2.45, 2.75) is 13.0 Å². The van der Waals surface area contributed by atoms with E-state index in [1.54, 1.807) is 13.3 Å². The number of halogens is 1. The molecule has 0 amide bonds. The molecule has 0 saturated heterocycles. The lowest BCUT2D eigenvalue weighted by atomic mass is 10.1. The van der Waals surface area contributed by atoms with Crippen LogP contribution >= 0.6 is 15.9 Å². The largest absolute Gasteiger partial charge is 0.496 e. The summed E-state index contributed by atoms with van der Waals surface area (Å²) in [5, 5.41) is 0. The SMILES string of the molecule is COc1cc(Br)ccc1-c1cnc(C(C)N)o1. The third kappa shape index (κ3) is 2.50. The minimum Gasteiger partial charge on any atom is -0.496 e. The van der Waals surface area contributed by atoms with E-state index in [0.29, 0.717) is 11.7 Å². The molecule has 2 rings (SSSR count). The highest BCUT2D eigenvalue weighted by atomic mass is 79.9. The van der Waals surface area contributed by atoms with Crippen molar-refractivity contribution >= 4 is 15.9 Å². The molecule has 1 aromatic carbocycles. The van der Waals surface area contributed by atoms with E-state index >= 15 is 0 Å². The molecule has 0 aliphatic heterocycles. The van der Waals surface area contributed by atoms with Crippen molar-refractivity contribution in [3.63, 3.8) is 0 Å². The van der Waals surface area contributed by atoms with E-state index in [2.05, 4.69) is 20.9 Å². The standard InChI is InChI=1S/C12H13BrN2O2/c1-7(14)12-15-6-11(17-12)9-4-3-8(13)5-10(9)16-2/h3-7H,14H2,1-2H3. The molecule has 4 nitrogen and oxygen atoms in total. The number of methoxy groups -OCH3 is 1. The predicted molar refractivity (Wildman–Crippen MR) is 68.8 cm³/mol. The summed E-state index contributed by atoms with van der Waals surface area (Å²) in [4.78, 5) is 4.13. The fraction of sp³-hybridized carbons (Fsp3) is 0.250. The highest BCUT2D eigenvalue weighted by Crippen LogP contribution is 2.33. The van der Waals surface area contributed by atoms with E-state index in [9.17, 15) is 0 Å². The number of nitrogens with zero attached hydrogens (tertiary/aromatic N) is 1. The third-order valence-corrected chi connectivity index (χ3v) is 2.84. The molecule has 5 heteroatoms.